The van der Waals surface area contributed by atoms with Crippen LogP contribution in [-0.4, -0.2) is 44.9 Å². The van der Waals surface area contributed by atoms with Crippen molar-refractivity contribution in [3.05, 3.63) is 0 Å². The quantitative estimate of drug-likeness (QED) is 0.699. The third-order valence-corrected chi connectivity index (χ3v) is 12.5. The van der Waals surface area contributed by atoms with Crippen molar-refractivity contribution in [2.45, 2.75) is 82.3 Å². The molecule has 2 nitrogen and oxygen atoms in total. The molecule has 1 unspecified atom stereocenters. The van der Waals surface area contributed by atoms with E-state index >= 15 is 0 Å². The highest BCUT2D eigenvalue weighted by Gasteiger charge is 2.44. The van der Waals surface area contributed by atoms with E-state index in [0.717, 1.165) is 21.8 Å². The molecule has 2 rings (SSSR count). The molecule has 0 N–H and O–H groups in total. The zero-order valence-electron chi connectivity index (χ0n) is 13.5. The highest BCUT2D eigenvalue weighted by molar-refractivity contribution is 8.35. The molecule has 2 aliphatic rings. The Kier molecular flexibility index (Phi) is 5.26. The van der Waals surface area contributed by atoms with Gasteiger partial charge in [0.2, 0.25) is 0 Å². The minimum Gasteiger partial charge on any atom is -0.341 e. The second-order valence-corrected chi connectivity index (χ2v) is 12.8. The summed E-state index contributed by atoms with van der Waals surface area (Å²) in [4.78, 5) is 0. The van der Waals surface area contributed by atoms with Crippen LogP contribution >= 0.6 is 19.0 Å². The molecule has 2 aliphatic heterocycles. The van der Waals surface area contributed by atoms with Crippen LogP contribution in [0.5, 0.6) is 0 Å². The lowest BCUT2D eigenvalue weighted by molar-refractivity contribution is 0.237. The first-order valence-electron chi connectivity index (χ1n) is 7.85. The summed E-state index contributed by atoms with van der Waals surface area (Å²) in [7, 11) is 0.0205. The van der Waals surface area contributed by atoms with E-state index in [2.05, 4.69) is 46.2 Å². The fourth-order valence-electron chi connectivity index (χ4n) is 4.15. The van der Waals surface area contributed by atoms with Crippen LogP contribution in [0.1, 0.15) is 54.4 Å². The molecule has 4 heteroatoms. The molecule has 2 saturated heterocycles. The van der Waals surface area contributed by atoms with Crippen molar-refractivity contribution in [3.8, 4) is 0 Å². The molecule has 2 heterocycles. The van der Waals surface area contributed by atoms with E-state index in [1.54, 1.807) is 0 Å². The smallest absolute Gasteiger partial charge is 0.0898 e. The third kappa shape index (κ3) is 2.86. The van der Waals surface area contributed by atoms with Gasteiger partial charge in [-0.05, 0) is 28.6 Å². The summed E-state index contributed by atoms with van der Waals surface area (Å²) >= 11 is 0. The molecule has 0 aromatic carbocycles. The van der Waals surface area contributed by atoms with Crippen molar-refractivity contribution in [2.24, 2.45) is 0 Å². The van der Waals surface area contributed by atoms with Gasteiger partial charge in [-0.25, -0.2) is 10.0 Å². The van der Waals surface area contributed by atoms with E-state index in [4.69, 9.17) is 4.52 Å². The Hall–Kier alpha value is 0.700. The first-order chi connectivity index (χ1) is 8.89. The van der Waals surface area contributed by atoms with Gasteiger partial charge in [0.25, 0.3) is 0 Å². The van der Waals surface area contributed by atoms with Gasteiger partial charge >= 0.3 is 0 Å². The maximum atomic E-state index is 6.20. The molecule has 0 radical (unpaired) electrons. The van der Waals surface area contributed by atoms with Crippen LogP contribution in [0.25, 0.3) is 0 Å². The Morgan fingerprint density at radius 1 is 1.11 bits per heavy atom. The Morgan fingerprint density at radius 3 is 2.21 bits per heavy atom. The lowest BCUT2D eigenvalue weighted by atomic mass is 10.1. The number of nitrogens with zero attached hydrogens (tertiary/aromatic N) is 1. The second kappa shape index (κ2) is 6.22. The molecule has 0 aromatic heterocycles. The van der Waals surface area contributed by atoms with Crippen molar-refractivity contribution in [3.63, 3.8) is 0 Å². The number of rotatable bonds is 5. The SMILES string of the molecule is CC(C)S(C[C@@H]1OPN2CCC[C@H]12)(C(C)C)C(C)C. The summed E-state index contributed by atoms with van der Waals surface area (Å²) in [5.41, 5.74) is 0. The summed E-state index contributed by atoms with van der Waals surface area (Å²) in [6.45, 7) is 15.9. The van der Waals surface area contributed by atoms with Crippen LogP contribution < -0.4 is 0 Å². The largest absolute Gasteiger partial charge is 0.341 e. The Bertz CT molecular complexity index is 287. The van der Waals surface area contributed by atoms with E-state index in [1.807, 2.05) is 0 Å². The number of fused-ring (bicyclic) bond motifs is 1. The summed E-state index contributed by atoms with van der Waals surface area (Å²) in [6, 6.07) is 0.737. The van der Waals surface area contributed by atoms with Crippen molar-refractivity contribution >= 4 is 19.0 Å². The van der Waals surface area contributed by atoms with Crippen LogP contribution in [0.2, 0.25) is 0 Å². The monoisotopic (exact) mass is 305 g/mol. The average Bonchev–Trinajstić information content (AvgIpc) is 2.87. The average molecular weight is 305 g/mol. The van der Waals surface area contributed by atoms with Gasteiger partial charge in [0.1, 0.15) is 0 Å². The Balaban J connectivity index is 2.16. The van der Waals surface area contributed by atoms with Gasteiger partial charge in [-0.2, -0.15) is 0 Å². The molecule has 0 amide bonds. The first kappa shape index (κ1) is 16.1. The molecule has 114 valence electrons. The van der Waals surface area contributed by atoms with E-state index in [9.17, 15) is 0 Å². The molecule has 19 heavy (non-hydrogen) atoms. The van der Waals surface area contributed by atoms with Crippen LogP contribution in [0.15, 0.2) is 0 Å². The van der Waals surface area contributed by atoms with Gasteiger partial charge in [0.05, 0.1) is 15.1 Å². The van der Waals surface area contributed by atoms with Crippen molar-refractivity contribution in [1.29, 1.82) is 0 Å². The van der Waals surface area contributed by atoms with Gasteiger partial charge in [-0.15, -0.1) is 0 Å². The molecule has 0 spiro atoms. The predicted octanol–water partition coefficient (Wildman–Crippen LogP) is 4.39. The van der Waals surface area contributed by atoms with E-state index < -0.39 is 10.0 Å². The van der Waals surface area contributed by atoms with Crippen molar-refractivity contribution in [2.75, 3.05) is 12.3 Å². The molecule has 2 fully saturated rings. The fraction of sp³-hybridized carbons (Fsp3) is 1.00. The first-order valence-corrected chi connectivity index (χ1v) is 10.7. The zero-order chi connectivity index (χ0) is 14.2. The third-order valence-electron chi connectivity index (χ3n) is 5.14. The summed E-state index contributed by atoms with van der Waals surface area (Å²) in [6.07, 6.45) is 3.26. The minimum atomic E-state index is -0.616. The second-order valence-electron chi connectivity index (χ2n) is 6.87. The molecule has 0 aromatic rings. The van der Waals surface area contributed by atoms with Crippen LogP contribution in [-0.2, 0) is 4.52 Å². The van der Waals surface area contributed by atoms with E-state index in [1.165, 1.54) is 25.1 Å². The molecule has 0 saturated carbocycles. The lowest BCUT2D eigenvalue weighted by Crippen LogP contribution is -2.40. The molecule has 0 aliphatic carbocycles. The zero-order valence-corrected chi connectivity index (χ0v) is 15.3. The summed E-state index contributed by atoms with van der Waals surface area (Å²) < 4.78 is 8.79. The maximum Gasteiger partial charge on any atom is 0.0898 e. The van der Waals surface area contributed by atoms with E-state index in [-0.39, 0.29) is 0 Å². The Morgan fingerprint density at radius 2 is 1.68 bits per heavy atom. The fourth-order valence-corrected chi connectivity index (χ4v) is 10.7. The van der Waals surface area contributed by atoms with Crippen LogP contribution in [0.3, 0.4) is 0 Å². The van der Waals surface area contributed by atoms with Crippen molar-refractivity contribution in [1.82, 2.24) is 4.67 Å². The topological polar surface area (TPSA) is 12.5 Å². The molecular weight excluding hydrogens is 273 g/mol. The van der Waals surface area contributed by atoms with Gasteiger partial charge in [0.15, 0.2) is 0 Å². The predicted molar refractivity (Wildman–Crippen MR) is 90.8 cm³/mol. The lowest BCUT2D eigenvalue weighted by Gasteiger charge is -2.53. The number of hydrogen-bond acceptors (Lipinski definition) is 2. The highest BCUT2D eigenvalue weighted by atomic mass is 32.3. The minimum absolute atomic E-state index is 0.517. The Labute approximate surface area is 123 Å². The van der Waals surface area contributed by atoms with Gasteiger partial charge in [0, 0.05) is 18.3 Å². The maximum absolute atomic E-state index is 6.20. The van der Waals surface area contributed by atoms with E-state index in [0.29, 0.717) is 15.1 Å². The molecular formula is C15H32NOPS. The van der Waals surface area contributed by atoms with Gasteiger partial charge < -0.3 is 4.52 Å². The highest BCUT2D eigenvalue weighted by Crippen LogP contribution is 2.62. The molecule has 3 atom stereocenters. The normalized spacial score (nSPS) is 31.0. The van der Waals surface area contributed by atoms with Gasteiger partial charge in [-0.1, -0.05) is 41.5 Å². The summed E-state index contributed by atoms with van der Waals surface area (Å²) in [5.74, 6) is 1.33. The van der Waals surface area contributed by atoms with Gasteiger partial charge in [-0.3, -0.25) is 4.67 Å². The van der Waals surface area contributed by atoms with Crippen LogP contribution in [0.4, 0.5) is 0 Å². The summed E-state index contributed by atoms with van der Waals surface area (Å²) in [5, 5.41) is 2.40. The van der Waals surface area contributed by atoms with Crippen molar-refractivity contribution < 1.29 is 4.52 Å². The molecule has 0 bridgehead atoms. The van der Waals surface area contributed by atoms with Crippen LogP contribution in [0, 0.1) is 0 Å². The standard InChI is InChI=1S/C15H32NOPS/c1-11(2)19(12(3)4,13(5)6)10-15-14-8-7-9-16(14)18-17-15/h11-15,18H,7-10H2,1-6H3/t14-,15+/m1/s1. The number of hydrogen-bond donors (Lipinski definition) is 0.